The Balaban J connectivity index is 1.63. The van der Waals surface area contributed by atoms with E-state index in [1.165, 1.54) is 18.6 Å². The molecule has 0 bridgehead atoms. The van der Waals surface area contributed by atoms with Crippen molar-refractivity contribution in [1.82, 2.24) is 19.9 Å². The van der Waals surface area contributed by atoms with Crippen LogP contribution in [0.1, 0.15) is 59.8 Å². The van der Waals surface area contributed by atoms with Crippen LogP contribution in [0, 0.1) is 10.1 Å². The number of nitro benzene ring substituents is 1. The van der Waals surface area contributed by atoms with E-state index in [-0.39, 0.29) is 17.5 Å². The van der Waals surface area contributed by atoms with Crippen molar-refractivity contribution in [3.8, 4) is 5.69 Å². The zero-order valence-corrected chi connectivity index (χ0v) is 16.5. The van der Waals surface area contributed by atoms with Gasteiger partial charge in [0, 0.05) is 48.9 Å². The highest BCUT2D eigenvalue weighted by Crippen LogP contribution is 2.34. The molecule has 0 aliphatic heterocycles. The summed E-state index contributed by atoms with van der Waals surface area (Å²) < 4.78 is 1.77. The maximum Gasteiger partial charge on any atom is 0.293 e. The molecule has 8 heteroatoms. The number of hydrogen-bond acceptors (Lipinski definition) is 5. The molecule has 3 aromatic rings. The van der Waals surface area contributed by atoms with Crippen LogP contribution in [0.5, 0.6) is 0 Å². The van der Waals surface area contributed by atoms with Crippen LogP contribution in [0.25, 0.3) is 5.69 Å². The highest BCUT2D eigenvalue weighted by Gasteiger charge is 2.25. The number of hydrogen-bond donors (Lipinski definition) is 1. The SMILES string of the molecule is O=C(NCc1cccnc1)c1ccc([N+](=O)[O-])c(-n2ccnc2C2CCCCC2)c1. The molecule has 0 radical (unpaired) electrons. The summed E-state index contributed by atoms with van der Waals surface area (Å²) in [4.78, 5) is 32.5. The average Bonchev–Trinajstić information content (AvgIpc) is 3.28. The molecule has 1 aliphatic rings. The number of rotatable bonds is 6. The summed E-state index contributed by atoms with van der Waals surface area (Å²) in [7, 11) is 0. The van der Waals surface area contributed by atoms with Gasteiger partial charge in [0.25, 0.3) is 11.6 Å². The molecule has 2 heterocycles. The molecule has 4 rings (SSSR count). The second-order valence-corrected chi connectivity index (χ2v) is 7.49. The third-order valence-corrected chi connectivity index (χ3v) is 5.51. The van der Waals surface area contributed by atoms with E-state index in [9.17, 15) is 14.9 Å². The van der Waals surface area contributed by atoms with Crippen molar-refractivity contribution in [2.45, 2.75) is 44.6 Å². The molecule has 0 spiro atoms. The minimum absolute atomic E-state index is 0.0473. The van der Waals surface area contributed by atoms with Crippen molar-refractivity contribution in [3.63, 3.8) is 0 Å². The quantitative estimate of drug-likeness (QED) is 0.490. The first-order valence-electron chi connectivity index (χ1n) is 10.1. The van der Waals surface area contributed by atoms with Gasteiger partial charge in [-0.05, 0) is 36.6 Å². The van der Waals surface area contributed by atoms with Crippen LogP contribution in [-0.2, 0) is 6.54 Å². The Kier molecular flexibility index (Phi) is 5.83. The molecule has 1 N–H and O–H groups in total. The second-order valence-electron chi connectivity index (χ2n) is 7.49. The second kappa shape index (κ2) is 8.86. The third kappa shape index (κ3) is 4.22. The summed E-state index contributed by atoms with van der Waals surface area (Å²) in [5, 5.41) is 14.5. The van der Waals surface area contributed by atoms with Crippen LogP contribution < -0.4 is 5.32 Å². The molecule has 1 aromatic carbocycles. The van der Waals surface area contributed by atoms with E-state index in [0.717, 1.165) is 37.1 Å². The van der Waals surface area contributed by atoms with E-state index in [1.807, 2.05) is 6.07 Å². The van der Waals surface area contributed by atoms with Crippen LogP contribution in [0.15, 0.2) is 55.1 Å². The normalized spacial score (nSPS) is 14.4. The maximum atomic E-state index is 12.7. The number of carbonyl (C=O) groups is 1. The number of nitro groups is 1. The Hall–Kier alpha value is -3.55. The fraction of sp³-hybridized carbons (Fsp3) is 0.318. The number of nitrogens with zero attached hydrogens (tertiary/aromatic N) is 4. The molecular formula is C22H23N5O3. The van der Waals surface area contributed by atoms with E-state index < -0.39 is 4.92 Å². The van der Waals surface area contributed by atoms with E-state index in [4.69, 9.17) is 0 Å². The van der Waals surface area contributed by atoms with Crippen LogP contribution in [0.4, 0.5) is 5.69 Å². The zero-order chi connectivity index (χ0) is 20.9. The van der Waals surface area contributed by atoms with Crippen molar-refractivity contribution in [2.75, 3.05) is 0 Å². The Morgan fingerprint density at radius 2 is 2.03 bits per heavy atom. The lowest BCUT2D eigenvalue weighted by atomic mass is 9.88. The highest BCUT2D eigenvalue weighted by atomic mass is 16.6. The minimum Gasteiger partial charge on any atom is -0.348 e. The van der Waals surface area contributed by atoms with Gasteiger partial charge in [-0.15, -0.1) is 0 Å². The summed E-state index contributed by atoms with van der Waals surface area (Å²) in [6.45, 7) is 0.331. The lowest BCUT2D eigenvalue weighted by Gasteiger charge is -2.22. The van der Waals surface area contributed by atoms with Crippen LogP contribution in [0.2, 0.25) is 0 Å². The van der Waals surface area contributed by atoms with Crippen LogP contribution in [0.3, 0.4) is 0 Å². The topological polar surface area (TPSA) is 103 Å². The Morgan fingerprint density at radius 3 is 2.77 bits per heavy atom. The molecule has 1 saturated carbocycles. The maximum absolute atomic E-state index is 12.7. The van der Waals surface area contributed by atoms with Gasteiger partial charge in [0.15, 0.2) is 0 Å². The molecule has 2 aromatic heterocycles. The molecule has 0 saturated heterocycles. The molecule has 30 heavy (non-hydrogen) atoms. The molecule has 1 aliphatic carbocycles. The first-order chi connectivity index (χ1) is 14.6. The molecule has 0 atom stereocenters. The lowest BCUT2D eigenvalue weighted by Crippen LogP contribution is -2.23. The summed E-state index contributed by atoms with van der Waals surface area (Å²) in [6, 6.07) is 8.12. The largest absolute Gasteiger partial charge is 0.348 e. The standard InChI is InChI=1S/C22H23N5O3/c28-22(25-15-16-5-4-10-23-14-16)18-8-9-19(27(29)30)20(13-18)26-12-11-24-21(26)17-6-2-1-3-7-17/h4-5,8-14,17H,1-3,6-7,15H2,(H,25,28). The van der Waals surface area contributed by atoms with Gasteiger partial charge in [0.2, 0.25) is 0 Å². The predicted octanol–water partition coefficient (Wildman–Crippen LogP) is 4.15. The van der Waals surface area contributed by atoms with Crippen LogP contribution >= 0.6 is 0 Å². The summed E-state index contributed by atoms with van der Waals surface area (Å²) in [5.41, 5.74) is 1.56. The van der Waals surface area contributed by atoms with Gasteiger partial charge in [0.05, 0.1) is 4.92 Å². The monoisotopic (exact) mass is 405 g/mol. The van der Waals surface area contributed by atoms with Gasteiger partial charge in [-0.2, -0.15) is 0 Å². The van der Waals surface area contributed by atoms with E-state index in [1.54, 1.807) is 41.5 Å². The number of amides is 1. The smallest absolute Gasteiger partial charge is 0.293 e. The van der Waals surface area contributed by atoms with Crippen LogP contribution in [-0.4, -0.2) is 25.4 Å². The first kappa shape index (κ1) is 19.8. The fourth-order valence-corrected chi connectivity index (χ4v) is 3.98. The van der Waals surface area contributed by atoms with Crippen molar-refractivity contribution in [3.05, 3.63) is 82.2 Å². The van der Waals surface area contributed by atoms with Crippen molar-refractivity contribution >= 4 is 11.6 Å². The minimum atomic E-state index is -0.419. The summed E-state index contributed by atoms with van der Waals surface area (Å²) >= 11 is 0. The number of aromatic nitrogens is 3. The molecule has 1 amide bonds. The fourth-order valence-electron chi connectivity index (χ4n) is 3.98. The van der Waals surface area contributed by atoms with Gasteiger partial charge in [-0.25, -0.2) is 4.98 Å². The third-order valence-electron chi connectivity index (χ3n) is 5.51. The average molecular weight is 405 g/mol. The lowest BCUT2D eigenvalue weighted by molar-refractivity contribution is -0.384. The van der Waals surface area contributed by atoms with Gasteiger partial charge < -0.3 is 5.32 Å². The van der Waals surface area contributed by atoms with Gasteiger partial charge in [-0.1, -0.05) is 25.3 Å². The number of pyridine rings is 1. The highest BCUT2D eigenvalue weighted by molar-refractivity contribution is 5.95. The summed E-state index contributed by atoms with van der Waals surface area (Å²) in [6.07, 6.45) is 12.3. The van der Waals surface area contributed by atoms with E-state index >= 15 is 0 Å². The van der Waals surface area contributed by atoms with E-state index in [2.05, 4.69) is 15.3 Å². The molecule has 1 fully saturated rings. The molecule has 8 nitrogen and oxygen atoms in total. The summed E-state index contributed by atoms with van der Waals surface area (Å²) in [5.74, 6) is 0.802. The predicted molar refractivity (Wildman–Crippen MR) is 111 cm³/mol. The van der Waals surface area contributed by atoms with Crippen molar-refractivity contribution in [1.29, 1.82) is 0 Å². The number of carbonyl (C=O) groups excluding carboxylic acids is 1. The number of imidazole rings is 1. The molecule has 0 unspecified atom stereocenters. The van der Waals surface area contributed by atoms with Crippen molar-refractivity contribution in [2.24, 2.45) is 0 Å². The number of benzene rings is 1. The molecule has 154 valence electrons. The zero-order valence-electron chi connectivity index (χ0n) is 16.5. The van der Waals surface area contributed by atoms with Gasteiger partial charge in [0.1, 0.15) is 11.5 Å². The molecular weight excluding hydrogens is 382 g/mol. The first-order valence-corrected chi connectivity index (χ1v) is 10.1. The Bertz CT molecular complexity index is 1040. The Labute approximate surface area is 174 Å². The van der Waals surface area contributed by atoms with E-state index in [0.29, 0.717) is 17.8 Å². The Morgan fingerprint density at radius 1 is 1.20 bits per heavy atom. The van der Waals surface area contributed by atoms with Gasteiger partial charge >= 0.3 is 0 Å². The number of nitrogens with one attached hydrogen (secondary N) is 1. The van der Waals surface area contributed by atoms with Gasteiger partial charge in [-0.3, -0.25) is 24.5 Å². The van der Waals surface area contributed by atoms with Crippen molar-refractivity contribution < 1.29 is 9.72 Å².